The van der Waals surface area contributed by atoms with Crippen molar-refractivity contribution in [1.29, 1.82) is 0 Å². The molecule has 0 radical (unpaired) electrons. The van der Waals surface area contributed by atoms with Crippen molar-refractivity contribution >= 4 is 11.6 Å². The van der Waals surface area contributed by atoms with Crippen LogP contribution in [-0.2, 0) is 0 Å². The molecule has 1 amide bonds. The molecule has 6 nitrogen and oxygen atoms in total. The van der Waals surface area contributed by atoms with Gasteiger partial charge in [-0.15, -0.1) is 0 Å². The minimum absolute atomic E-state index is 0.0794. The van der Waals surface area contributed by atoms with E-state index in [-0.39, 0.29) is 5.91 Å². The maximum Gasteiger partial charge on any atom is 0.254 e. The SMILES string of the molecule is CCN1CCC[C@@H]1CNC(=O)c1cnc2c(-c3ccccc3)c(C)nn2c1C. The second kappa shape index (κ2) is 7.72. The molecule has 1 N–H and O–H groups in total. The van der Waals surface area contributed by atoms with Gasteiger partial charge in [0.05, 0.1) is 17.0 Å². The van der Waals surface area contributed by atoms with Gasteiger partial charge in [0.2, 0.25) is 0 Å². The average molecular weight is 377 g/mol. The van der Waals surface area contributed by atoms with E-state index in [0.717, 1.165) is 47.7 Å². The van der Waals surface area contributed by atoms with Crippen LogP contribution in [0.3, 0.4) is 0 Å². The number of aryl methyl sites for hydroxylation is 2. The number of aromatic nitrogens is 3. The minimum atomic E-state index is -0.0794. The van der Waals surface area contributed by atoms with Crippen molar-refractivity contribution in [3.05, 3.63) is 53.5 Å². The predicted octanol–water partition coefficient (Wildman–Crippen LogP) is 3.23. The Balaban J connectivity index is 1.61. The molecule has 0 spiro atoms. The van der Waals surface area contributed by atoms with Gasteiger partial charge in [-0.2, -0.15) is 5.10 Å². The standard InChI is InChI=1S/C22H27N5O/c1-4-26-12-8-11-18(26)13-24-22(28)19-14-23-21-20(17-9-6-5-7-10-17)15(2)25-27(21)16(19)3/h5-7,9-10,14,18H,4,8,11-13H2,1-3H3,(H,24,28)/t18-/m1/s1. The Kier molecular flexibility index (Phi) is 5.13. The summed E-state index contributed by atoms with van der Waals surface area (Å²) in [5.41, 5.74) is 5.18. The maximum absolute atomic E-state index is 12.8. The lowest BCUT2D eigenvalue weighted by molar-refractivity contribution is 0.0939. The summed E-state index contributed by atoms with van der Waals surface area (Å²) in [6.07, 6.45) is 4.03. The summed E-state index contributed by atoms with van der Waals surface area (Å²) in [5.74, 6) is -0.0794. The van der Waals surface area contributed by atoms with Crippen LogP contribution in [-0.4, -0.2) is 51.1 Å². The van der Waals surface area contributed by atoms with E-state index < -0.39 is 0 Å². The fourth-order valence-corrected chi connectivity index (χ4v) is 4.22. The molecule has 1 aliphatic rings. The number of likely N-dealkylation sites (N-methyl/N-ethyl adjacent to an activating group) is 1. The smallest absolute Gasteiger partial charge is 0.254 e. The molecular weight excluding hydrogens is 350 g/mol. The lowest BCUT2D eigenvalue weighted by atomic mass is 10.1. The molecule has 28 heavy (non-hydrogen) atoms. The Morgan fingerprint density at radius 3 is 2.79 bits per heavy atom. The largest absolute Gasteiger partial charge is 0.350 e. The number of benzene rings is 1. The Morgan fingerprint density at radius 2 is 2.04 bits per heavy atom. The molecular formula is C22H27N5O. The molecule has 3 heterocycles. The van der Waals surface area contributed by atoms with E-state index >= 15 is 0 Å². The van der Waals surface area contributed by atoms with Crippen molar-refractivity contribution < 1.29 is 4.79 Å². The van der Waals surface area contributed by atoms with Crippen molar-refractivity contribution in [2.45, 2.75) is 39.7 Å². The minimum Gasteiger partial charge on any atom is -0.350 e. The predicted molar refractivity (Wildman–Crippen MR) is 110 cm³/mol. The normalized spacial score (nSPS) is 17.3. The molecule has 1 saturated heterocycles. The zero-order valence-corrected chi connectivity index (χ0v) is 16.8. The zero-order valence-electron chi connectivity index (χ0n) is 16.8. The second-order valence-corrected chi connectivity index (χ2v) is 7.45. The van der Waals surface area contributed by atoms with Gasteiger partial charge in [-0.05, 0) is 45.3 Å². The van der Waals surface area contributed by atoms with Gasteiger partial charge < -0.3 is 5.32 Å². The summed E-state index contributed by atoms with van der Waals surface area (Å²) in [6, 6.07) is 10.6. The Morgan fingerprint density at radius 1 is 1.25 bits per heavy atom. The van der Waals surface area contributed by atoms with Gasteiger partial charge in [0.1, 0.15) is 0 Å². The molecule has 146 valence electrons. The molecule has 1 atom stereocenters. The van der Waals surface area contributed by atoms with Crippen LogP contribution in [0.4, 0.5) is 0 Å². The third kappa shape index (κ3) is 3.29. The molecule has 1 aromatic carbocycles. The van der Waals surface area contributed by atoms with Crippen LogP contribution in [0, 0.1) is 13.8 Å². The van der Waals surface area contributed by atoms with Gasteiger partial charge in [-0.25, -0.2) is 9.50 Å². The molecule has 0 saturated carbocycles. The summed E-state index contributed by atoms with van der Waals surface area (Å²) in [5, 5.41) is 7.76. The number of nitrogens with one attached hydrogen (secondary N) is 1. The van der Waals surface area contributed by atoms with Gasteiger partial charge in [0.15, 0.2) is 5.65 Å². The molecule has 0 unspecified atom stereocenters. The van der Waals surface area contributed by atoms with Crippen molar-refractivity contribution in [3.63, 3.8) is 0 Å². The lowest BCUT2D eigenvalue weighted by Crippen LogP contribution is -2.40. The molecule has 3 aromatic rings. The van der Waals surface area contributed by atoms with Crippen LogP contribution in [0.5, 0.6) is 0 Å². The Labute approximate surface area is 165 Å². The summed E-state index contributed by atoms with van der Waals surface area (Å²) in [4.78, 5) is 19.8. The molecule has 4 rings (SSSR count). The van der Waals surface area contributed by atoms with E-state index in [0.29, 0.717) is 18.2 Å². The summed E-state index contributed by atoms with van der Waals surface area (Å²) >= 11 is 0. The van der Waals surface area contributed by atoms with E-state index in [4.69, 9.17) is 0 Å². The highest BCUT2D eigenvalue weighted by atomic mass is 16.1. The highest BCUT2D eigenvalue weighted by molar-refractivity contribution is 5.95. The van der Waals surface area contributed by atoms with Gasteiger partial charge in [-0.1, -0.05) is 37.3 Å². The van der Waals surface area contributed by atoms with Crippen molar-refractivity contribution in [2.24, 2.45) is 0 Å². The van der Waals surface area contributed by atoms with E-state index in [2.05, 4.69) is 39.4 Å². The van der Waals surface area contributed by atoms with Gasteiger partial charge in [0.25, 0.3) is 5.91 Å². The van der Waals surface area contributed by atoms with E-state index in [1.807, 2.05) is 32.0 Å². The number of hydrogen-bond donors (Lipinski definition) is 1. The molecule has 6 heteroatoms. The highest BCUT2D eigenvalue weighted by Crippen LogP contribution is 2.28. The third-order valence-electron chi connectivity index (χ3n) is 5.77. The van der Waals surface area contributed by atoms with Crippen LogP contribution in [0.1, 0.15) is 41.5 Å². The van der Waals surface area contributed by atoms with Crippen LogP contribution < -0.4 is 5.32 Å². The van der Waals surface area contributed by atoms with Crippen molar-refractivity contribution in [1.82, 2.24) is 24.8 Å². The molecule has 0 bridgehead atoms. The maximum atomic E-state index is 12.8. The first-order valence-corrected chi connectivity index (χ1v) is 10.0. The number of likely N-dealkylation sites (tertiary alicyclic amines) is 1. The van der Waals surface area contributed by atoms with Crippen molar-refractivity contribution in [3.8, 4) is 11.1 Å². The highest BCUT2D eigenvalue weighted by Gasteiger charge is 2.24. The lowest BCUT2D eigenvalue weighted by Gasteiger charge is -2.23. The van der Waals surface area contributed by atoms with Crippen LogP contribution in [0.25, 0.3) is 16.8 Å². The topological polar surface area (TPSA) is 62.5 Å². The number of carbonyl (C=O) groups is 1. The summed E-state index contributed by atoms with van der Waals surface area (Å²) in [6.45, 7) is 8.92. The third-order valence-corrected chi connectivity index (χ3v) is 5.77. The Bertz CT molecular complexity index is 995. The first kappa shape index (κ1) is 18.6. The Hall–Kier alpha value is -2.73. The van der Waals surface area contributed by atoms with E-state index in [1.165, 1.54) is 6.42 Å². The summed E-state index contributed by atoms with van der Waals surface area (Å²) in [7, 11) is 0. The zero-order chi connectivity index (χ0) is 19.7. The van der Waals surface area contributed by atoms with Crippen LogP contribution in [0.2, 0.25) is 0 Å². The van der Waals surface area contributed by atoms with Crippen LogP contribution in [0.15, 0.2) is 36.5 Å². The van der Waals surface area contributed by atoms with Gasteiger partial charge in [-0.3, -0.25) is 9.69 Å². The monoisotopic (exact) mass is 377 g/mol. The number of rotatable bonds is 5. The molecule has 0 aliphatic carbocycles. The quantitative estimate of drug-likeness (QED) is 0.742. The fraction of sp³-hybridized carbons (Fsp3) is 0.409. The first-order chi connectivity index (χ1) is 13.6. The second-order valence-electron chi connectivity index (χ2n) is 7.45. The number of nitrogens with zero attached hydrogens (tertiary/aromatic N) is 4. The van der Waals surface area contributed by atoms with Gasteiger partial charge >= 0.3 is 0 Å². The number of fused-ring (bicyclic) bond motifs is 1. The summed E-state index contributed by atoms with van der Waals surface area (Å²) < 4.78 is 1.79. The number of amides is 1. The number of hydrogen-bond acceptors (Lipinski definition) is 4. The van der Waals surface area contributed by atoms with Gasteiger partial charge in [0, 0.05) is 24.3 Å². The average Bonchev–Trinajstić information content (AvgIpc) is 3.30. The van der Waals surface area contributed by atoms with E-state index in [9.17, 15) is 4.79 Å². The molecule has 2 aromatic heterocycles. The molecule has 1 fully saturated rings. The first-order valence-electron chi connectivity index (χ1n) is 10.0. The fourth-order valence-electron chi connectivity index (χ4n) is 4.22. The number of carbonyl (C=O) groups excluding carboxylic acids is 1. The van der Waals surface area contributed by atoms with Crippen molar-refractivity contribution in [2.75, 3.05) is 19.6 Å². The molecule has 1 aliphatic heterocycles. The van der Waals surface area contributed by atoms with Crippen LogP contribution >= 0.6 is 0 Å². The van der Waals surface area contributed by atoms with E-state index in [1.54, 1.807) is 10.7 Å².